The van der Waals surface area contributed by atoms with Crippen molar-refractivity contribution in [1.82, 2.24) is 0 Å². The summed E-state index contributed by atoms with van der Waals surface area (Å²) in [6, 6.07) is 73.0. The van der Waals surface area contributed by atoms with Crippen molar-refractivity contribution < 1.29 is 0 Å². The first-order chi connectivity index (χ1) is 29.5. The number of rotatable bonds is 3. The van der Waals surface area contributed by atoms with Gasteiger partial charge in [0.05, 0.1) is 0 Å². The molecule has 12 aromatic rings. The quantitative estimate of drug-likeness (QED) is 0.157. The first-order valence-electron chi connectivity index (χ1n) is 21.0. The van der Waals surface area contributed by atoms with Crippen LogP contribution in [0.25, 0.3) is 119 Å². The molecule has 1 aliphatic carbocycles. The number of hydrogen-bond acceptors (Lipinski definition) is 1. The standard InChI is InChI=1S/C59H38S/c1-59(2)52-21-11-9-20-49(52)56-47-29-30-48-42-15-10-12-22-53(42)60-58(48)51(47)34-50(57(56)59)39-26-24-38-33-41(28-25-37(38)31-39)55-45-18-7-5-16-43(45)54(44-17-6-8-19-46(44)55)40-27-23-35-13-3-4-14-36(35)32-40/h3-34H,1-2H3. The minimum Gasteiger partial charge on any atom is -0.135 e. The van der Waals surface area contributed by atoms with E-state index in [0.29, 0.717) is 0 Å². The molecule has 0 atom stereocenters. The Morgan fingerprint density at radius 1 is 0.333 bits per heavy atom. The van der Waals surface area contributed by atoms with Gasteiger partial charge in [0.25, 0.3) is 0 Å². The van der Waals surface area contributed by atoms with Crippen molar-refractivity contribution in [1.29, 1.82) is 0 Å². The fraction of sp³-hybridized carbons (Fsp3) is 0.0508. The van der Waals surface area contributed by atoms with E-state index in [1.54, 1.807) is 0 Å². The Kier molecular flexibility index (Phi) is 7.04. The first kappa shape index (κ1) is 33.9. The smallest absolute Gasteiger partial charge is 0.0434 e. The predicted octanol–water partition coefficient (Wildman–Crippen LogP) is 17.1. The molecule has 0 radical (unpaired) electrons. The molecular formula is C59H38S. The van der Waals surface area contributed by atoms with E-state index in [2.05, 4.69) is 208 Å². The maximum atomic E-state index is 2.52. The number of fused-ring (bicyclic) bond motifs is 13. The molecule has 11 aromatic carbocycles. The van der Waals surface area contributed by atoms with E-state index in [4.69, 9.17) is 0 Å². The number of thiophene rings is 1. The monoisotopic (exact) mass is 778 g/mol. The van der Waals surface area contributed by atoms with Crippen molar-refractivity contribution in [2.45, 2.75) is 19.3 Å². The fourth-order valence-corrected chi connectivity index (χ4v) is 12.1. The van der Waals surface area contributed by atoms with Crippen molar-refractivity contribution in [3.8, 4) is 44.5 Å². The molecule has 0 saturated carbocycles. The zero-order valence-electron chi connectivity index (χ0n) is 33.4. The first-order valence-corrected chi connectivity index (χ1v) is 21.8. The Labute approximate surface area is 352 Å². The molecule has 0 aliphatic heterocycles. The highest BCUT2D eigenvalue weighted by Gasteiger charge is 2.39. The lowest BCUT2D eigenvalue weighted by Gasteiger charge is -2.25. The van der Waals surface area contributed by atoms with Crippen molar-refractivity contribution in [2.75, 3.05) is 0 Å². The summed E-state index contributed by atoms with van der Waals surface area (Å²) in [6.07, 6.45) is 0. The van der Waals surface area contributed by atoms with Gasteiger partial charge >= 0.3 is 0 Å². The highest BCUT2D eigenvalue weighted by atomic mass is 32.1. The summed E-state index contributed by atoms with van der Waals surface area (Å²) in [6.45, 7) is 4.83. The average molecular weight is 779 g/mol. The molecule has 0 saturated heterocycles. The molecular weight excluding hydrogens is 741 g/mol. The van der Waals surface area contributed by atoms with Gasteiger partial charge in [-0.05, 0) is 134 Å². The summed E-state index contributed by atoms with van der Waals surface area (Å²) in [7, 11) is 0. The van der Waals surface area contributed by atoms with Crippen LogP contribution >= 0.6 is 11.3 Å². The van der Waals surface area contributed by atoms with Gasteiger partial charge in [0.2, 0.25) is 0 Å². The molecule has 0 unspecified atom stereocenters. The molecule has 1 aromatic heterocycles. The second-order valence-corrected chi connectivity index (χ2v) is 18.2. The third kappa shape index (κ3) is 4.73. The summed E-state index contributed by atoms with van der Waals surface area (Å²) in [4.78, 5) is 0. The van der Waals surface area contributed by atoms with Crippen LogP contribution in [0.4, 0.5) is 0 Å². The summed E-state index contributed by atoms with van der Waals surface area (Å²) in [5.74, 6) is 0. The van der Waals surface area contributed by atoms with Gasteiger partial charge in [-0.15, -0.1) is 11.3 Å². The van der Waals surface area contributed by atoms with Crippen LogP contribution in [-0.2, 0) is 5.41 Å². The molecule has 0 amide bonds. The van der Waals surface area contributed by atoms with Crippen LogP contribution in [0.15, 0.2) is 194 Å². The van der Waals surface area contributed by atoms with Gasteiger partial charge in [-0.25, -0.2) is 0 Å². The van der Waals surface area contributed by atoms with Gasteiger partial charge in [0.15, 0.2) is 0 Å². The fourth-order valence-electron chi connectivity index (χ4n) is 10.9. The lowest BCUT2D eigenvalue weighted by Crippen LogP contribution is -2.16. The Hall–Kier alpha value is -7.06. The van der Waals surface area contributed by atoms with Crippen LogP contribution in [0, 0.1) is 0 Å². The zero-order valence-corrected chi connectivity index (χ0v) is 34.2. The number of hydrogen-bond donors (Lipinski definition) is 0. The molecule has 280 valence electrons. The maximum Gasteiger partial charge on any atom is 0.0434 e. The third-order valence-electron chi connectivity index (χ3n) is 13.6. The van der Waals surface area contributed by atoms with Crippen LogP contribution in [0.5, 0.6) is 0 Å². The average Bonchev–Trinajstić information content (AvgIpc) is 3.80. The topological polar surface area (TPSA) is 0 Å². The molecule has 60 heavy (non-hydrogen) atoms. The van der Waals surface area contributed by atoms with Crippen LogP contribution in [0.1, 0.15) is 25.0 Å². The van der Waals surface area contributed by atoms with Gasteiger partial charge in [0, 0.05) is 31.0 Å². The highest BCUT2D eigenvalue weighted by molar-refractivity contribution is 7.26. The third-order valence-corrected chi connectivity index (χ3v) is 14.8. The summed E-state index contributed by atoms with van der Waals surface area (Å²) < 4.78 is 2.71. The minimum atomic E-state index is -0.148. The van der Waals surface area contributed by atoms with Gasteiger partial charge in [-0.3, -0.25) is 0 Å². The van der Waals surface area contributed by atoms with Crippen LogP contribution < -0.4 is 0 Å². The van der Waals surface area contributed by atoms with Crippen molar-refractivity contribution in [2.24, 2.45) is 0 Å². The Morgan fingerprint density at radius 3 is 1.50 bits per heavy atom. The summed E-state index contributed by atoms with van der Waals surface area (Å²) >= 11 is 1.92. The van der Waals surface area contributed by atoms with Crippen molar-refractivity contribution >= 4 is 85.4 Å². The normalized spacial score (nSPS) is 13.3. The van der Waals surface area contributed by atoms with E-state index in [9.17, 15) is 0 Å². The predicted molar refractivity (Wildman–Crippen MR) is 261 cm³/mol. The lowest BCUT2D eigenvalue weighted by atomic mass is 9.77. The van der Waals surface area contributed by atoms with E-state index in [1.807, 2.05) is 11.3 Å². The lowest BCUT2D eigenvalue weighted by molar-refractivity contribution is 0.662. The molecule has 1 heterocycles. The minimum absolute atomic E-state index is 0.148. The van der Waals surface area contributed by atoms with E-state index >= 15 is 0 Å². The van der Waals surface area contributed by atoms with Crippen molar-refractivity contribution in [3.63, 3.8) is 0 Å². The highest BCUT2D eigenvalue weighted by Crippen LogP contribution is 2.56. The number of benzene rings is 11. The Bertz CT molecular complexity index is 3750. The largest absolute Gasteiger partial charge is 0.135 e. The van der Waals surface area contributed by atoms with Gasteiger partial charge in [-0.2, -0.15) is 0 Å². The maximum absolute atomic E-state index is 2.52. The second-order valence-electron chi connectivity index (χ2n) is 17.2. The molecule has 1 heteroatoms. The van der Waals surface area contributed by atoms with Gasteiger partial charge < -0.3 is 0 Å². The molecule has 0 N–H and O–H groups in total. The second kappa shape index (κ2) is 12.5. The SMILES string of the molecule is CC1(C)c2ccccc2-c2c1c(-c1ccc3cc(-c4c5ccccc5c(-c5ccc6ccccc6c5)c5ccccc45)ccc3c1)cc1c2ccc2c3ccccc3sc12. The van der Waals surface area contributed by atoms with E-state index in [-0.39, 0.29) is 5.41 Å². The summed E-state index contributed by atoms with van der Waals surface area (Å²) in [5.41, 5.74) is 13.1. The van der Waals surface area contributed by atoms with Gasteiger partial charge in [-0.1, -0.05) is 178 Å². The van der Waals surface area contributed by atoms with E-state index < -0.39 is 0 Å². The van der Waals surface area contributed by atoms with Crippen LogP contribution in [-0.4, -0.2) is 0 Å². The molecule has 13 rings (SSSR count). The zero-order chi connectivity index (χ0) is 39.7. The van der Waals surface area contributed by atoms with E-state index in [1.165, 1.54) is 130 Å². The Morgan fingerprint density at radius 2 is 0.817 bits per heavy atom. The van der Waals surface area contributed by atoms with Gasteiger partial charge in [0.1, 0.15) is 0 Å². The Balaban J connectivity index is 1.02. The van der Waals surface area contributed by atoms with Crippen molar-refractivity contribution in [3.05, 3.63) is 205 Å². The summed E-state index contributed by atoms with van der Waals surface area (Å²) in [5, 5.41) is 15.5. The van der Waals surface area contributed by atoms with Crippen LogP contribution in [0.3, 0.4) is 0 Å². The molecule has 0 fully saturated rings. The van der Waals surface area contributed by atoms with E-state index in [0.717, 1.165) is 0 Å². The molecule has 0 bridgehead atoms. The molecule has 0 spiro atoms. The van der Waals surface area contributed by atoms with Crippen LogP contribution in [0.2, 0.25) is 0 Å². The molecule has 0 nitrogen and oxygen atoms in total. The molecule has 1 aliphatic rings.